The molecular formula is C9H22N2O. The molecule has 0 radical (unpaired) electrons. The van der Waals surface area contributed by atoms with Gasteiger partial charge < -0.3 is 15.4 Å². The van der Waals surface area contributed by atoms with E-state index in [1.807, 2.05) is 7.05 Å². The Morgan fingerprint density at radius 1 is 1.25 bits per heavy atom. The normalized spacial score (nSPS) is 12.0. The van der Waals surface area contributed by atoms with Gasteiger partial charge in [-0.15, -0.1) is 0 Å². The van der Waals surface area contributed by atoms with Crippen LogP contribution in [-0.2, 0) is 4.74 Å². The van der Waals surface area contributed by atoms with Gasteiger partial charge in [-0.2, -0.15) is 0 Å². The van der Waals surface area contributed by atoms with E-state index < -0.39 is 0 Å². The smallest absolute Gasteiger partial charge is 0.0746 e. The van der Waals surface area contributed by atoms with Gasteiger partial charge in [0.1, 0.15) is 0 Å². The van der Waals surface area contributed by atoms with Gasteiger partial charge in [-0.1, -0.05) is 0 Å². The van der Waals surface area contributed by atoms with Crippen LogP contribution in [0.25, 0.3) is 0 Å². The standard InChI is InChI=1S/C9H22N2O/c1-9(2,12-4)8-11-7-5-6-10-3/h10-11H,5-8H2,1-4H3. The van der Waals surface area contributed by atoms with E-state index in [0.717, 1.165) is 26.1 Å². The summed E-state index contributed by atoms with van der Waals surface area (Å²) in [5.41, 5.74) is -0.0420. The Morgan fingerprint density at radius 3 is 2.42 bits per heavy atom. The third-order valence-corrected chi connectivity index (χ3v) is 1.88. The fraction of sp³-hybridized carbons (Fsp3) is 1.00. The van der Waals surface area contributed by atoms with Crippen LogP contribution in [0.2, 0.25) is 0 Å². The Balaban J connectivity index is 3.19. The maximum absolute atomic E-state index is 5.27. The molecule has 3 nitrogen and oxygen atoms in total. The number of nitrogens with one attached hydrogen (secondary N) is 2. The molecule has 0 saturated heterocycles. The quantitative estimate of drug-likeness (QED) is 0.555. The summed E-state index contributed by atoms with van der Waals surface area (Å²) in [7, 11) is 3.72. The summed E-state index contributed by atoms with van der Waals surface area (Å²) in [6.07, 6.45) is 1.16. The Bertz CT molecular complexity index is 105. The van der Waals surface area contributed by atoms with E-state index >= 15 is 0 Å². The molecule has 0 rings (SSSR count). The van der Waals surface area contributed by atoms with E-state index in [0.29, 0.717) is 0 Å². The van der Waals surface area contributed by atoms with Gasteiger partial charge in [0.2, 0.25) is 0 Å². The highest BCUT2D eigenvalue weighted by Crippen LogP contribution is 2.04. The molecule has 0 aromatic rings. The van der Waals surface area contributed by atoms with Gasteiger partial charge in [0.25, 0.3) is 0 Å². The lowest BCUT2D eigenvalue weighted by molar-refractivity contribution is 0.0234. The van der Waals surface area contributed by atoms with Crippen molar-refractivity contribution in [2.75, 3.05) is 33.8 Å². The van der Waals surface area contributed by atoms with Crippen molar-refractivity contribution in [1.82, 2.24) is 10.6 Å². The lowest BCUT2D eigenvalue weighted by Gasteiger charge is -2.23. The van der Waals surface area contributed by atoms with Crippen LogP contribution in [0.5, 0.6) is 0 Å². The fourth-order valence-corrected chi connectivity index (χ4v) is 0.852. The second-order valence-corrected chi connectivity index (χ2v) is 3.60. The van der Waals surface area contributed by atoms with Gasteiger partial charge in [-0.3, -0.25) is 0 Å². The third-order valence-electron chi connectivity index (χ3n) is 1.88. The van der Waals surface area contributed by atoms with Crippen LogP contribution in [0.4, 0.5) is 0 Å². The summed E-state index contributed by atoms with van der Waals surface area (Å²) in [5, 5.41) is 6.45. The van der Waals surface area contributed by atoms with E-state index in [2.05, 4.69) is 24.5 Å². The molecule has 0 unspecified atom stereocenters. The van der Waals surface area contributed by atoms with Crippen LogP contribution >= 0.6 is 0 Å². The maximum atomic E-state index is 5.27. The zero-order chi connectivity index (χ0) is 9.45. The van der Waals surface area contributed by atoms with Crippen LogP contribution in [0.3, 0.4) is 0 Å². The van der Waals surface area contributed by atoms with Crippen molar-refractivity contribution in [2.24, 2.45) is 0 Å². The van der Waals surface area contributed by atoms with Gasteiger partial charge in [0.15, 0.2) is 0 Å². The fourth-order valence-electron chi connectivity index (χ4n) is 0.852. The lowest BCUT2D eigenvalue weighted by atomic mass is 10.1. The van der Waals surface area contributed by atoms with Gasteiger partial charge in [0.05, 0.1) is 5.60 Å². The zero-order valence-electron chi connectivity index (χ0n) is 8.74. The molecule has 0 atom stereocenters. The van der Waals surface area contributed by atoms with E-state index in [4.69, 9.17) is 4.74 Å². The average Bonchev–Trinajstić information content (AvgIpc) is 2.04. The molecule has 0 aromatic heterocycles. The number of methoxy groups -OCH3 is 1. The third kappa shape index (κ3) is 6.58. The van der Waals surface area contributed by atoms with E-state index in [9.17, 15) is 0 Å². The molecule has 0 aliphatic rings. The minimum atomic E-state index is -0.0420. The van der Waals surface area contributed by atoms with E-state index in [-0.39, 0.29) is 5.60 Å². The van der Waals surface area contributed by atoms with Crippen LogP contribution in [-0.4, -0.2) is 39.4 Å². The second kappa shape index (κ2) is 6.40. The topological polar surface area (TPSA) is 33.3 Å². The molecule has 0 heterocycles. The molecule has 3 heteroatoms. The monoisotopic (exact) mass is 174 g/mol. The summed E-state index contributed by atoms with van der Waals surface area (Å²) in [6, 6.07) is 0. The number of hydrogen-bond donors (Lipinski definition) is 2. The van der Waals surface area contributed by atoms with Crippen molar-refractivity contribution in [3.05, 3.63) is 0 Å². The molecule has 0 amide bonds. The summed E-state index contributed by atoms with van der Waals surface area (Å²) in [5.74, 6) is 0. The summed E-state index contributed by atoms with van der Waals surface area (Å²) in [6.45, 7) is 7.19. The molecule has 0 saturated carbocycles. The SMILES string of the molecule is CNCCCNCC(C)(C)OC. The van der Waals surface area contributed by atoms with Gasteiger partial charge in [-0.25, -0.2) is 0 Å². The lowest BCUT2D eigenvalue weighted by Crippen LogP contribution is -2.37. The van der Waals surface area contributed by atoms with Crippen molar-refractivity contribution in [2.45, 2.75) is 25.9 Å². The van der Waals surface area contributed by atoms with E-state index in [1.165, 1.54) is 0 Å². The van der Waals surface area contributed by atoms with Crippen molar-refractivity contribution in [1.29, 1.82) is 0 Å². The molecule has 0 aliphatic carbocycles. The van der Waals surface area contributed by atoms with Crippen molar-refractivity contribution in [3.63, 3.8) is 0 Å². The Hall–Kier alpha value is -0.120. The highest BCUT2D eigenvalue weighted by molar-refractivity contribution is 4.70. The van der Waals surface area contributed by atoms with Gasteiger partial charge in [0, 0.05) is 13.7 Å². The minimum Gasteiger partial charge on any atom is -0.377 e. The molecule has 0 fully saturated rings. The first kappa shape index (κ1) is 11.9. The van der Waals surface area contributed by atoms with Crippen LogP contribution in [0.15, 0.2) is 0 Å². The highest BCUT2D eigenvalue weighted by atomic mass is 16.5. The molecule has 12 heavy (non-hydrogen) atoms. The van der Waals surface area contributed by atoms with Gasteiger partial charge >= 0.3 is 0 Å². The van der Waals surface area contributed by atoms with Crippen molar-refractivity contribution >= 4 is 0 Å². The number of hydrogen-bond acceptors (Lipinski definition) is 3. The molecular weight excluding hydrogens is 152 g/mol. The predicted octanol–water partition coefficient (Wildman–Crippen LogP) is 0.611. The maximum Gasteiger partial charge on any atom is 0.0746 e. The highest BCUT2D eigenvalue weighted by Gasteiger charge is 2.14. The summed E-state index contributed by atoms with van der Waals surface area (Å²) >= 11 is 0. The Morgan fingerprint density at radius 2 is 1.92 bits per heavy atom. The van der Waals surface area contributed by atoms with Crippen LogP contribution < -0.4 is 10.6 Å². The van der Waals surface area contributed by atoms with Gasteiger partial charge in [-0.05, 0) is 40.4 Å². The Labute approximate surface area is 75.9 Å². The summed E-state index contributed by atoms with van der Waals surface area (Å²) in [4.78, 5) is 0. The van der Waals surface area contributed by atoms with Crippen LogP contribution in [0.1, 0.15) is 20.3 Å². The number of rotatable bonds is 7. The first-order valence-electron chi connectivity index (χ1n) is 4.53. The molecule has 0 aliphatic heterocycles. The van der Waals surface area contributed by atoms with Crippen LogP contribution in [0, 0.1) is 0 Å². The molecule has 0 bridgehead atoms. The first-order valence-corrected chi connectivity index (χ1v) is 4.53. The van der Waals surface area contributed by atoms with E-state index in [1.54, 1.807) is 7.11 Å². The second-order valence-electron chi connectivity index (χ2n) is 3.60. The largest absolute Gasteiger partial charge is 0.377 e. The van der Waals surface area contributed by atoms with Crippen molar-refractivity contribution < 1.29 is 4.74 Å². The predicted molar refractivity (Wildman–Crippen MR) is 52.5 cm³/mol. The minimum absolute atomic E-state index is 0.0420. The molecule has 2 N–H and O–H groups in total. The first-order chi connectivity index (χ1) is 5.62. The van der Waals surface area contributed by atoms with Crippen molar-refractivity contribution in [3.8, 4) is 0 Å². The molecule has 0 aromatic carbocycles. The molecule has 0 spiro atoms. The molecule has 74 valence electrons. The average molecular weight is 174 g/mol. The zero-order valence-corrected chi connectivity index (χ0v) is 8.74. The summed E-state index contributed by atoms with van der Waals surface area (Å²) < 4.78 is 5.27. The Kier molecular flexibility index (Phi) is 6.34. The number of ether oxygens (including phenoxy) is 1.